The van der Waals surface area contributed by atoms with Gasteiger partial charge in [0.05, 0.1) is 0 Å². The summed E-state index contributed by atoms with van der Waals surface area (Å²) < 4.78 is 1.87. The van der Waals surface area contributed by atoms with Gasteiger partial charge in [-0.05, 0) is 31.5 Å². The molecule has 2 aromatic rings. The number of rotatable bonds is 3. The standard InChI is InChI=1S/C11H16N4/c1-8(7-12)6-10-13-11-5-3-4-9(2)15(11)14-10/h3-5,8H,6-7,12H2,1-2H3. The van der Waals surface area contributed by atoms with Crippen LogP contribution in [0.15, 0.2) is 18.2 Å². The van der Waals surface area contributed by atoms with E-state index in [-0.39, 0.29) is 0 Å². The van der Waals surface area contributed by atoms with Gasteiger partial charge in [0.25, 0.3) is 0 Å². The molecule has 0 aliphatic heterocycles. The molecule has 2 aromatic heterocycles. The summed E-state index contributed by atoms with van der Waals surface area (Å²) in [6.07, 6.45) is 0.845. The van der Waals surface area contributed by atoms with E-state index in [2.05, 4.69) is 17.0 Å². The van der Waals surface area contributed by atoms with Gasteiger partial charge in [0.1, 0.15) is 0 Å². The van der Waals surface area contributed by atoms with Gasteiger partial charge in [-0.25, -0.2) is 9.50 Å². The molecule has 4 nitrogen and oxygen atoms in total. The first-order valence-electron chi connectivity index (χ1n) is 5.22. The third kappa shape index (κ3) is 1.99. The monoisotopic (exact) mass is 204 g/mol. The average Bonchev–Trinajstić information content (AvgIpc) is 2.62. The number of hydrogen-bond acceptors (Lipinski definition) is 3. The molecule has 0 saturated heterocycles. The van der Waals surface area contributed by atoms with Crippen molar-refractivity contribution in [1.29, 1.82) is 0 Å². The minimum Gasteiger partial charge on any atom is -0.330 e. The number of hydrogen-bond donors (Lipinski definition) is 1. The Morgan fingerprint density at radius 2 is 2.27 bits per heavy atom. The summed E-state index contributed by atoms with van der Waals surface area (Å²) in [6.45, 7) is 4.81. The van der Waals surface area contributed by atoms with Crippen molar-refractivity contribution in [3.8, 4) is 0 Å². The first-order valence-corrected chi connectivity index (χ1v) is 5.22. The molecule has 0 bridgehead atoms. The highest BCUT2D eigenvalue weighted by Gasteiger charge is 2.08. The topological polar surface area (TPSA) is 56.2 Å². The normalized spacial score (nSPS) is 13.3. The zero-order valence-corrected chi connectivity index (χ0v) is 9.14. The van der Waals surface area contributed by atoms with Crippen LogP contribution in [0.1, 0.15) is 18.4 Å². The third-order valence-electron chi connectivity index (χ3n) is 2.53. The maximum atomic E-state index is 5.58. The summed E-state index contributed by atoms with van der Waals surface area (Å²) >= 11 is 0. The fourth-order valence-corrected chi connectivity index (χ4v) is 1.56. The Bertz CT molecular complexity index is 461. The van der Waals surface area contributed by atoms with Crippen LogP contribution < -0.4 is 5.73 Å². The van der Waals surface area contributed by atoms with E-state index >= 15 is 0 Å². The van der Waals surface area contributed by atoms with Crippen molar-refractivity contribution in [3.05, 3.63) is 29.7 Å². The lowest BCUT2D eigenvalue weighted by atomic mass is 10.1. The molecular weight excluding hydrogens is 188 g/mol. The predicted molar refractivity (Wildman–Crippen MR) is 59.6 cm³/mol. The van der Waals surface area contributed by atoms with Crippen molar-refractivity contribution in [2.24, 2.45) is 11.7 Å². The molecule has 2 heterocycles. The van der Waals surface area contributed by atoms with Gasteiger partial charge < -0.3 is 5.73 Å². The quantitative estimate of drug-likeness (QED) is 0.816. The summed E-state index contributed by atoms with van der Waals surface area (Å²) in [5.41, 5.74) is 7.60. The summed E-state index contributed by atoms with van der Waals surface area (Å²) in [7, 11) is 0. The van der Waals surface area contributed by atoms with E-state index < -0.39 is 0 Å². The van der Waals surface area contributed by atoms with Crippen LogP contribution in [0.25, 0.3) is 5.65 Å². The van der Waals surface area contributed by atoms with Crippen LogP contribution in [0.5, 0.6) is 0 Å². The molecule has 4 heteroatoms. The zero-order chi connectivity index (χ0) is 10.8. The van der Waals surface area contributed by atoms with Gasteiger partial charge in [0, 0.05) is 12.1 Å². The number of aromatic nitrogens is 3. The van der Waals surface area contributed by atoms with Crippen LogP contribution in [0.3, 0.4) is 0 Å². The number of fused-ring (bicyclic) bond motifs is 1. The van der Waals surface area contributed by atoms with E-state index in [9.17, 15) is 0 Å². The Balaban J connectivity index is 2.35. The van der Waals surface area contributed by atoms with Gasteiger partial charge in [-0.3, -0.25) is 0 Å². The molecule has 15 heavy (non-hydrogen) atoms. The number of nitrogens with zero attached hydrogens (tertiary/aromatic N) is 3. The molecule has 2 N–H and O–H groups in total. The minimum atomic E-state index is 0.433. The van der Waals surface area contributed by atoms with Crippen LogP contribution in [-0.4, -0.2) is 21.1 Å². The Morgan fingerprint density at radius 3 is 2.93 bits per heavy atom. The maximum absolute atomic E-state index is 5.58. The van der Waals surface area contributed by atoms with E-state index in [0.29, 0.717) is 12.5 Å². The molecule has 0 radical (unpaired) electrons. The second-order valence-corrected chi connectivity index (χ2v) is 4.01. The lowest BCUT2D eigenvalue weighted by Crippen LogP contribution is -2.13. The molecule has 80 valence electrons. The number of aryl methyl sites for hydroxylation is 1. The Hall–Kier alpha value is -1.42. The highest BCUT2D eigenvalue weighted by molar-refractivity contribution is 5.38. The van der Waals surface area contributed by atoms with Gasteiger partial charge in [0.2, 0.25) is 0 Å². The second kappa shape index (κ2) is 3.98. The smallest absolute Gasteiger partial charge is 0.155 e. The van der Waals surface area contributed by atoms with Crippen LogP contribution in [0.2, 0.25) is 0 Å². The molecule has 1 atom stereocenters. The molecule has 0 aliphatic rings. The Labute approximate surface area is 89.1 Å². The molecule has 0 aromatic carbocycles. The molecule has 0 spiro atoms. The van der Waals surface area contributed by atoms with Crippen LogP contribution in [-0.2, 0) is 6.42 Å². The highest BCUT2D eigenvalue weighted by Crippen LogP contribution is 2.08. The zero-order valence-electron chi connectivity index (χ0n) is 9.14. The minimum absolute atomic E-state index is 0.433. The number of pyridine rings is 1. The van der Waals surface area contributed by atoms with Crippen molar-refractivity contribution < 1.29 is 0 Å². The van der Waals surface area contributed by atoms with Crippen molar-refractivity contribution >= 4 is 5.65 Å². The molecule has 0 saturated carbocycles. The molecule has 2 rings (SSSR count). The van der Waals surface area contributed by atoms with E-state index in [4.69, 9.17) is 5.73 Å². The van der Waals surface area contributed by atoms with E-state index in [1.807, 2.05) is 29.6 Å². The second-order valence-electron chi connectivity index (χ2n) is 4.01. The van der Waals surface area contributed by atoms with Gasteiger partial charge in [-0.2, -0.15) is 5.10 Å². The molecule has 0 aliphatic carbocycles. The first-order chi connectivity index (χ1) is 7.20. The first kappa shape index (κ1) is 10.1. The molecular formula is C11H16N4. The van der Waals surface area contributed by atoms with E-state index in [1.165, 1.54) is 0 Å². The Morgan fingerprint density at radius 1 is 1.47 bits per heavy atom. The van der Waals surface area contributed by atoms with Gasteiger partial charge in [-0.1, -0.05) is 13.0 Å². The van der Waals surface area contributed by atoms with Crippen LogP contribution >= 0.6 is 0 Å². The van der Waals surface area contributed by atoms with Crippen LogP contribution in [0.4, 0.5) is 0 Å². The summed E-state index contributed by atoms with van der Waals surface area (Å²) in [5.74, 6) is 1.31. The van der Waals surface area contributed by atoms with Crippen molar-refractivity contribution in [3.63, 3.8) is 0 Å². The van der Waals surface area contributed by atoms with Crippen molar-refractivity contribution in [1.82, 2.24) is 14.6 Å². The predicted octanol–water partition coefficient (Wildman–Crippen LogP) is 1.18. The van der Waals surface area contributed by atoms with E-state index in [1.54, 1.807) is 0 Å². The molecule has 1 unspecified atom stereocenters. The van der Waals surface area contributed by atoms with Crippen molar-refractivity contribution in [2.45, 2.75) is 20.3 Å². The fourth-order valence-electron chi connectivity index (χ4n) is 1.56. The van der Waals surface area contributed by atoms with Gasteiger partial charge >= 0.3 is 0 Å². The highest BCUT2D eigenvalue weighted by atomic mass is 15.3. The summed E-state index contributed by atoms with van der Waals surface area (Å²) in [5, 5.41) is 4.45. The lowest BCUT2D eigenvalue weighted by molar-refractivity contribution is 0.573. The SMILES string of the molecule is Cc1cccc2nc(CC(C)CN)nn12. The third-order valence-corrected chi connectivity index (χ3v) is 2.53. The summed E-state index contributed by atoms with van der Waals surface area (Å²) in [6, 6.07) is 5.99. The average molecular weight is 204 g/mol. The van der Waals surface area contributed by atoms with Crippen LogP contribution in [0, 0.1) is 12.8 Å². The van der Waals surface area contributed by atoms with Gasteiger partial charge in [-0.15, -0.1) is 0 Å². The summed E-state index contributed by atoms with van der Waals surface area (Å²) in [4.78, 5) is 4.46. The van der Waals surface area contributed by atoms with Gasteiger partial charge in [0.15, 0.2) is 11.5 Å². The van der Waals surface area contributed by atoms with E-state index in [0.717, 1.165) is 23.6 Å². The van der Waals surface area contributed by atoms with Crippen molar-refractivity contribution in [2.75, 3.05) is 6.54 Å². The lowest BCUT2D eigenvalue weighted by Gasteiger charge is -2.02. The maximum Gasteiger partial charge on any atom is 0.155 e. The molecule has 0 amide bonds. The Kier molecular flexibility index (Phi) is 2.68. The number of nitrogens with two attached hydrogens (primary N) is 1. The fraction of sp³-hybridized carbons (Fsp3) is 0.455. The largest absolute Gasteiger partial charge is 0.330 e. The molecule has 0 fully saturated rings.